The molecule has 1 amide bonds. The van der Waals surface area contributed by atoms with E-state index in [2.05, 4.69) is 10.2 Å². The van der Waals surface area contributed by atoms with E-state index in [-0.39, 0.29) is 11.9 Å². The molecule has 3 aromatic rings. The summed E-state index contributed by atoms with van der Waals surface area (Å²) in [5, 5.41) is 3.71. The molecule has 2 heterocycles. The van der Waals surface area contributed by atoms with Crippen LogP contribution < -0.4 is 15.0 Å². The number of benzene rings is 2. The van der Waals surface area contributed by atoms with Gasteiger partial charge in [-0.2, -0.15) is 0 Å². The third-order valence-electron chi connectivity index (χ3n) is 5.65. The third-order valence-corrected chi connectivity index (χ3v) is 5.98. The lowest BCUT2D eigenvalue weighted by atomic mass is 10.00. The number of hydrogen-bond donors (Lipinski definition) is 1. The first kappa shape index (κ1) is 21.0. The lowest BCUT2D eigenvalue weighted by Crippen LogP contribution is -2.44. The van der Waals surface area contributed by atoms with Crippen LogP contribution in [0.4, 0.5) is 5.69 Å². The number of amides is 1. The smallest absolute Gasteiger partial charge is 0.267 e. The Morgan fingerprint density at radius 3 is 2.68 bits per heavy atom. The molecule has 7 heteroatoms. The van der Waals surface area contributed by atoms with E-state index in [4.69, 9.17) is 21.3 Å². The summed E-state index contributed by atoms with van der Waals surface area (Å²) in [6, 6.07) is 17.3. The normalized spacial score (nSPS) is 15.7. The van der Waals surface area contributed by atoms with Crippen molar-refractivity contribution in [3.8, 4) is 5.75 Å². The number of carbonyl (C=O) groups excluding carboxylic acids is 1. The zero-order chi connectivity index (χ0) is 22.0. The van der Waals surface area contributed by atoms with Crippen molar-refractivity contribution in [2.75, 3.05) is 32.1 Å². The summed E-state index contributed by atoms with van der Waals surface area (Å²) >= 11 is 6.50. The fraction of sp³-hybridized carbons (Fsp3) is 0.250. The van der Waals surface area contributed by atoms with E-state index in [1.807, 2.05) is 68.8 Å². The second kappa shape index (κ2) is 8.86. The minimum Gasteiger partial charge on any atom is -0.497 e. The number of carbonyl (C=O) groups is 1. The predicted octanol–water partition coefficient (Wildman–Crippen LogP) is 3.77. The lowest BCUT2D eigenvalue weighted by Gasteiger charge is -2.29. The zero-order valence-electron chi connectivity index (χ0n) is 17.8. The van der Waals surface area contributed by atoms with Crippen LogP contribution in [-0.4, -0.2) is 49.5 Å². The Bertz CT molecular complexity index is 1140. The highest BCUT2D eigenvalue weighted by atomic mass is 35.5. The molecule has 1 aromatic heterocycles. The highest BCUT2D eigenvalue weighted by Gasteiger charge is 2.26. The summed E-state index contributed by atoms with van der Waals surface area (Å²) in [4.78, 5) is 19.7. The summed E-state index contributed by atoms with van der Waals surface area (Å²) < 4.78 is 7.27. The summed E-state index contributed by atoms with van der Waals surface area (Å²) in [7, 11) is 5.52. The summed E-state index contributed by atoms with van der Waals surface area (Å²) in [6.07, 6.45) is 1.86. The minimum absolute atomic E-state index is 0.0323. The number of rotatable bonds is 5. The van der Waals surface area contributed by atoms with Crippen LogP contribution in [0.1, 0.15) is 21.6 Å². The first-order valence-electron chi connectivity index (χ1n) is 10.1. The van der Waals surface area contributed by atoms with Crippen molar-refractivity contribution >= 4 is 28.9 Å². The maximum atomic E-state index is 12.6. The molecule has 160 valence electrons. The number of nitrogens with one attached hydrogen (secondary N) is 1. The van der Waals surface area contributed by atoms with Gasteiger partial charge >= 0.3 is 0 Å². The van der Waals surface area contributed by atoms with Gasteiger partial charge in [0.15, 0.2) is 0 Å². The monoisotopic (exact) mass is 436 g/mol. The van der Waals surface area contributed by atoms with Crippen molar-refractivity contribution in [1.29, 1.82) is 0 Å². The van der Waals surface area contributed by atoms with Crippen LogP contribution in [-0.2, 0) is 7.05 Å². The van der Waals surface area contributed by atoms with E-state index in [0.29, 0.717) is 23.8 Å². The molecule has 6 nitrogen and oxygen atoms in total. The SMILES string of the molecule is COc1ccc2c(c1)N(C)C(CNC(=O)c1cccn1C)CN=C2c1ccccc1Cl. The van der Waals surface area contributed by atoms with Crippen LogP contribution in [0, 0.1) is 0 Å². The number of anilines is 1. The van der Waals surface area contributed by atoms with Crippen molar-refractivity contribution in [3.63, 3.8) is 0 Å². The van der Waals surface area contributed by atoms with Gasteiger partial charge in [-0.05, 0) is 30.3 Å². The Labute approximate surface area is 187 Å². The summed E-state index contributed by atoms with van der Waals surface area (Å²) in [5.41, 5.74) is 4.31. The topological polar surface area (TPSA) is 58.9 Å². The van der Waals surface area contributed by atoms with Crippen LogP contribution in [0.2, 0.25) is 5.02 Å². The number of nitrogens with zero attached hydrogens (tertiary/aromatic N) is 3. The molecule has 0 saturated carbocycles. The third kappa shape index (κ3) is 4.16. The fourth-order valence-electron chi connectivity index (χ4n) is 3.81. The van der Waals surface area contributed by atoms with Gasteiger partial charge in [-0.1, -0.05) is 29.8 Å². The van der Waals surface area contributed by atoms with Gasteiger partial charge < -0.3 is 19.5 Å². The molecule has 4 rings (SSSR count). The number of fused-ring (bicyclic) bond motifs is 1. The van der Waals surface area contributed by atoms with E-state index in [1.165, 1.54) is 0 Å². The van der Waals surface area contributed by atoms with Gasteiger partial charge in [0.1, 0.15) is 11.4 Å². The van der Waals surface area contributed by atoms with E-state index in [0.717, 1.165) is 28.3 Å². The van der Waals surface area contributed by atoms with Crippen molar-refractivity contribution < 1.29 is 9.53 Å². The van der Waals surface area contributed by atoms with E-state index in [9.17, 15) is 4.79 Å². The average molecular weight is 437 g/mol. The molecule has 1 aliphatic rings. The summed E-state index contributed by atoms with van der Waals surface area (Å²) in [6.45, 7) is 0.970. The van der Waals surface area contributed by atoms with Crippen LogP contribution in [0.3, 0.4) is 0 Å². The maximum Gasteiger partial charge on any atom is 0.267 e. The molecule has 0 aliphatic carbocycles. The second-order valence-corrected chi connectivity index (χ2v) is 7.94. The molecule has 0 radical (unpaired) electrons. The standard InChI is InChI=1S/C24H25ClN4O2/c1-28-12-6-9-21(28)24(30)27-15-16-14-26-23(18-7-4-5-8-20(18)25)19-11-10-17(31-3)13-22(19)29(16)2/h4-13,16H,14-15H2,1-3H3,(H,27,30). The molecule has 0 bridgehead atoms. The van der Waals surface area contributed by atoms with Crippen LogP contribution in [0.5, 0.6) is 5.75 Å². The number of aromatic nitrogens is 1. The van der Waals surface area contributed by atoms with E-state index in [1.54, 1.807) is 17.7 Å². The van der Waals surface area contributed by atoms with Gasteiger partial charge in [0.2, 0.25) is 0 Å². The molecule has 1 N–H and O–H groups in total. The van der Waals surface area contributed by atoms with Crippen LogP contribution in [0.25, 0.3) is 0 Å². The minimum atomic E-state index is -0.105. The van der Waals surface area contributed by atoms with Crippen molar-refractivity contribution in [2.45, 2.75) is 6.04 Å². The fourth-order valence-corrected chi connectivity index (χ4v) is 4.04. The van der Waals surface area contributed by atoms with E-state index >= 15 is 0 Å². The Morgan fingerprint density at radius 1 is 1.16 bits per heavy atom. The maximum absolute atomic E-state index is 12.6. The highest BCUT2D eigenvalue weighted by Crippen LogP contribution is 2.32. The summed E-state index contributed by atoms with van der Waals surface area (Å²) in [5.74, 6) is 0.656. The molecule has 31 heavy (non-hydrogen) atoms. The number of aliphatic imine (C=N–C) groups is 1. The Morgan fingerprint density at radius 2 is 1.97 bits per heavy atom. The van der Waals surface area contributed by atoms with Crippen molar-refractivity contribution in [2.24, 2.45) is 12.0 Å². The molecule has 0 fully saturated rings. The molecular weight excluding hydrogens is 412 g/mol. The lowest BCUT2D eigenvalue weighted by molar-refractivity contribution is 0.0943. The molecule has 1 unspecified atom stereocenters. The molecule has 2 aromatic carbocycles. The Balaban J connectivity index is 1.68. The van der Waals surface area contributed by atoms with Gasteiger partial charge in [0, 0.05) is 54.7 Å². The number of hydrogen-bond acceptors (Lipinski definition) is 4. The first-order chi connectivity index (χ1) is 15.0. The van der Waals surface area contributed by atoms with Gasteiger partial charge in [-0.3, -0.25) is 9.79 Å². The van der Waals surface area contributed by atoms with Gasteiger partial charge in [-0.25, -0.2) is 0 Å². The van der Waals surface area contributed by atoms with Crippen LogP contribution >= 0.6 is 11.6 Å². The molecule has 1 aliphatic heterocycles. The first-order valence-corrected chi connectivity index (χ1v) is 10.5. The highest BCUT2D eigenvalue weighted by molar-refractivity contribution is 6.35. The Kier molecular flexibility index (Phi) is 6.00. The number of likely N-dealkylation sites (N-methyl/N-ethyl adjacent to an activating group) is 1. The number of aryl methyl sites for hydroxylation is 1. The number of ether oxygens (including phenoxy) is 1. The largest absolute Gasteiger partial charge is 0.497 e. The molecular formula is C24H25ClN4O2. The van der Waals surface area contributed by atoms with E-state index < -0.39 is 0 Å². The van der Waals surface area contributed by atoms with Gasteiger partial charge in [-0.15, -0.1) is 0 Å². The van der Waals surface area contributed by atoms with Gasteiger partial charge in [0.05, 0.1) is 25.4 Å². The zero-order valence-corrected chi connectivity index (χ0v) is 18.6. The molecule has 1 atom stereocenters. The molecule has 0 saturated heterocycles. The second-order valence-electron chi connectivity index (χ2n) is 7.53. The Hall–Kier alpha value is -3.25. The van der Waals surface area contributed by atoms with Crippen molar-refractivity contribution in [3.05, 3.63) is 82.6 Å². The van der Waals surface area contributed by atoms with Crippen LogP contribution in [0.15, 0.2) is 65.8 Å². The van der Waals surface area contributed by atoms with Crippen molar-refractivity contribution in [1.82, 2.24) is 9.88 Å². The number of halogens is 1. The average Bonchev–Trinajstić information content (AvgIpc) is 3.16. The number of benzodiazepines with no additional fused rings is 1. The number of methoxy groups -OCH3 is 1. The quantitative estimate of drug-likeness (QED) is 0.662. The van der Waals surface area contributed by atoms with Gasteiger partial charge in [0.25, 0.3) is 5.91 Å². The predicted molar refractivity (Wildman–Crippen MR) is 125 cm³/mol. The molecule has 0 spiro atoms.